The third-order valence-electron chi connectivity index (χ3n) is 2.03. The Kier molecular flexibility index (Phi) is 4.86. The van der Waals surface area contributed by atoms with E-state index >= 15 is 0 Å². The van der Waals surface area contributed by atoms with Crippen LogP contribution in [0.25, 0.3) is 11.6 Å². The molecule has 0 aliphatic rings. The van der Waals surface area contributed by atoms with Gasteiger partial charge in [-0.2, -0.15) is 0 Å². The molecule has 0 unspecified atom stereocenters. The Bertz CT molecular complexity index is 441. The first-order valence-electron chi connectivity index (χ1n) is 4.90. The van der Waals surface area contributed by atoms with Crippen LogP contribution in [-0.2, 0) is 0 Å². The number of aromatic nitrogens is 1. The smallest absolute Gasteiger partial charge is 0.173 e. The van der Waals surface area contributed by atoms with Crippen LogP contribution in [-0.4, -0.2) is 11.4 Å². The molecular formula is C13H15NOS. The van der Waals surface area contributed by atoms with E-state index in [0.717, 1.165) is 16.2 Å². The van der Waals surface area contributed by atoms with Gasteiger partial charge in [0.2, 0.25) is 0 Å². The van der Waals surface area contributed by atoms with Crippen LogP contribution in [0.2, 0.25) is 0 Å². The molecule has 0 N–H and O–H groups in total. The first-order valence-corrected chi connectivity index (χ1v) is 6.12. The number of hydrogen-bond donors (Lipinski definition) is 0. The van der Waals surface area contributed by atoms with Crippen molar-refractivity contribution in [3.8, 4) is 0 Å². The van der Waals surface area contributed by atoms with E-state index in [0.29, 0.717) is 5.76 Å². The number of allylic oxidation sites excluding steroid dienone is 5. The Morgan fingerprint density at radius 3 is 2.69 bits per heavy atom. The summed E-state index contributed by atoms with van der Waals surface area (Å²) >= 11 is 1.59. The Labute approximate surface area is 100 Å². The van der Waals surface area contributed by atoms with Gasteiger partial charge in [-0.05, 0) is 19.3 Å². The van der Waals surface area contributed by atoms with Crippen LogP contribution < -0.4 is 0 Å². The highest BCUT2D eigenvalue weighted by atomic mass is 32.2. The summed E-state index contributed by atoms with van der Waals surface area (Å²) in [7, 11) is 0. The molecule has 16 heavy (non-hydrogen) atoms. The van der Waals surface area contributed by atoms with Crippen LogP contribution >= 0.6 is 11.8 Å². The van der Waals surface area contributed by atoms with Crippen LogP contribution in [0, 0.1) is 0 Å². The van der Waals surface area contributed by atoms with Crippen molar-refractivity contribution in [1.29, 1.82) is 0 Å². The summed E-state index contributed by atoms with van der Waals surface area (Å²) in [6, 6.07) is 0. The molecule has 0 radical (unpaired) electrons. The normalized spacial score (nSPS) is 12.0. The molecule has 0 saturated carbocycles. The maximum Gasteiger partial charge on any atom is 0.173 e. The average molecular weight is 233 g/mol. The van der Waals surface area contributed by atoms with Gasteiger partial charge in [-0.25, -0.2) is 0 Å². The van der Waals surface area contributed by atoms with Gasteiger partial charge in [-0.3, -0.25) is 0 Å². The molecule has 0 aliphatic heterocycles. The molecule has 1 aromatic rings. The second-order valence-electron chi connectivity index (χ2n) is 2.98. The standard InChI is InChI=1S/C13H15NOS/c1-5-8-9-10(6-2)12-13(16-4)11(7-3)15-14-12/h5-9H,2-3H2,1,4H3/b8-5-,10-9+. The van der Waals surface area contributed by atoms with Crippen LogP contribution in [0.15, 0.2) is 46.9 Å². The number of nitrogens with zero attached hydrogens (tertiary/aromatic N) is 1. The lowest BCUT2D eigenvalue weighted by Crippen LogP contribution is -1.83. The first-order chi connectivity index (χ1) is 7.78. The summed E-state index contributed by atoms with van der Waals surface area (Å²) in [5.41, 5.74) is 1.76. The van der Waals surface area contributed by atoms with Crippen molar-refractivity contribution in [3.63, 3.8) is 0 Å². The molecule has 2 nitrogen and oxygen atoms in total. The predicted molar refractivity (Wildman–Crippen MR) is 71.4 cm³/mol. The molecular weight excluding hydrogens is 218 g/mol. The van der Waals surface area contributed by atoms with Crippen molar-refractivity contribution in [2.45, 2.75) is 11.8 Å². The summed E-state index contributed by atoms with van der Waals surface area (Å²) in [5.74, 6) is 0.704. The van der Waals surface area contributed by atoms with Crippen LogP contribution in [0.4, 0.5) is 0 Å². The van der Waals surface area contributed by atoms with Crippen LogP contribution in [0.1, 0.15) is 18.4 Å². The maximum atomic E-state index is 5.20. The third-order valence-corrected chi connectivity index (χ3v) is 2.83. The molecule has 0 spiro atoms. The lowest BCUT2D eigenvalue weighted by molar-refractivity contribution is 0.409. The van der Waals surface area contributed by atoms with Gasteiger partial charge in [-0.15, -0.1) is 11.8 Å². The topological polar surface area (TPSA) is 26.0 Å². The molecule has 1 aromatic heterocycles. The molecule has 0 aromatic carbocycles. The number of rotatable bonds is 5. The van der Waals surface area contributed by atoms with E-state index < -0.39 is 0 Å². The number of hydrogen-bond acceptors (Lipinski definition) is 3. The Balaban J connectivity index is 3.25. The summed E-state index contributed by atoms with van der Waals surface area (Å²) in [5, 5.41) is 4.04. The van der Waals surface area contributed by atoms with Gasteiger partial charge in [0.1, 0.15) is 5.69 Å². The zero-order valence-electron chi connectivity index (χ0n) is 9.56. The van der Waals surface area contributed by atoms with Crippen molar-refractivity contribution < 1.29 is 4.52 Å². The minimum absolute atomic E-state index is 0.704. The molecule has 0 atom stereocenters. The Morgan fingerprint density at radius 1 is 1.44 bits per heavy atom. The molecule has 1 rings (SSSR count). The molecule has 0 fully saturated rings. The van der Waals surface area contributed by atoms with Crippen molar-refractivity contribution >= 4 is 23.4 Å². The lowest BCUT2D eigenvalue weighted by Gasteiger charge is -1.98. The summed E-state index contributed by atoms with van der Waals surface area (Å²) in [6.07, 6.45) is 11.3. The molecule has 84 valence electrons. The highest BCUT2D eigenvalue weighted by Gasteiger charge is 2.14. The minimum Gasteiger partial charge on any atom is -0.355 e. The van der Waals surface area contributed by atoms with Gasteiger partial charge in [0, 0.05) is 5.57 Å². The Morgan fingerprint density at radius 2 is 2.19 bits per heavy atom. The third kappa shape index (κ3) is 2.55. The highest BCUT2D eigenvalue weighted by molar-refractivity contribution is 7.98. The quantitative estimate of drug-likeness (QED) is 0.563. The fourth-order valence-corrected chi connectivity index (χ4v) is 1.92. The highest BCUT2D eigenvalue weighted by Crippen LogP contribution is 2.30. The molecule has 0 bridgehead atoms. The van der Waals surface area contributed by atoms with Crippen LogP contribution in [0.5, 0.6) is 0 Å². The van der Waals surface area contributed by atoms with E-state index in [4.69, 9.17) is 4.52 Å². The van der Waals surface area contributed by atoms with Gasteiger partial charge in [0.25, 0.3) is 0 Å². The SMILES string of the molecule is C=C/C(=C\C=C/C)c1noc(C=C)c1SC. The molecule has 0 aliphatic carbocycles. The van der Waals surface area contributed by atoms with E-state index in [1.807, 2.05) is 31.4 Å². The van der Waals surface area contributed by atoms with Crippen molar-refractivity contribution in [2.75, 3.05) is 6.26 Å². The molecule has 0 saturated heterocycles. The van der Waals surface area contributed by atoms with Crippen molar-refractivity contribution in [1.82, 2.24) is 5.16 Å². The van der Waals surface area contributed by atoms with E-state index in [-0.39, 0.29) is 0 Å². The van der Waals surface area contributed by atoms with E-state index in [9.17, 15) is 0 Å². The summed E-state index contributed by atoms with van der Waals surface area (Å²) in [6.45, 7) is 9.44. The first kappa shape index (κ1) is 12.6. The fraction of sp³-hybridized carbons (Fsp3) is 0.154. The summed E-state index contributed by atoms with van der Waals surface area (Å²) < 4.78 is 5.20. The van der Waals surface area contributed by atoms with Crippen LogP contribution in [0.3, 0.4) is 0 Å². The molecule has 0 amide bonds. The lowest BCUT2D eigenvalue weighted by atomic mass is 10.1. The fourth-order valence-electron chi connectivity index (χ4n) is 1.25. The van der Waals surface area contributed by atoms with Gasteiger partial charge in [0.05, 0.1) is 4.90 Å². The van der Waals surface area contributed by atoms with Gasteiger partial charge in [-0.1, -0.05) is 42.6 Å². The summed E-state index contributed by atoms with van der Waals surface area (Å²) in [4.78, 5) is 0.991. The molecule has 3 heteroatoms. The monoisotopic (exact) mass is 233 g/mol. The minimum atomic E-state index is 0.704. The average Bonchev–Trinajstić information content (AvgIpc) is 2.73. The van der Waals surface area contributed by atoms with Gasteiger partial charge >= 0.3 is 0 Å². The largest absolute Gasteiger partial charge is 0.355 e. The van der Waals surface area contributed by atoms with Crippen molar-refractivity contribution in [2.24, 2.45) is 0 Å². The van der Waals surface area contributed by atoms with E-state index in [1.54, 1.807) is 23.9 Å². The van der Waals surface area contributed by atoms with Crippen molar-refractivity contribution in [3.05, 3.63) is 48.9 Å². The second-order valence-corrected chi connectivity index (χ2v) is 3.80. The second kappa shape index (κ2) is 6.18. The number of thioether (sulfide) groups is 1. The van der Waals surface area contributed by atoms with Gasteiger partial charge < -0.3 is 4.52 Å². The zero-order valence-corrected chi connectivity index (χ0v) is 10.4. The zero-order chi connectivity index (χ0) is 12.0. The maximum absolute atomic E-state index is 5.20. The van der Waals surface area contributed by atoms with E-state index in [2.05, 4.69) is 18.3 Å². The van der Waals surface area contributed by atoms with E-state index in [1.165, 1.54) is 0 Å². The van der Waals surface area contributed by atoms with Gasteiger partial charge in [0.15, 0.2) is 5.76 Å². The predicted octanol–water partition coefficient (Wildman–Crippen LogP) is 4.19. The Hall–Kier alpha value is -1.48. The molecule has 1 heterocycles.